The van der Waals surface area contributed by atoms with E-state index in [1.165, 1.54) is 24.3 Å². The fourth-order valence-corrected chi connectivity index (χ4v) is 4.37. The summed E-state index contributed by atoms with van der Waals surface area (Å²) in [4.78, 5) is 42.9. The number of halogens is 1. The molecule has 0 radical (unpaired) electrons. The molecule has 166 valence electrons. The highest BCUT2D eigenvalue weighted by Gasteiger charge is 2.43. The molecule has 2 aromatic rings. The number of hydrogen-bond donors (Lipinski definition) is 0. The van der Waals surface area contributed by atoms with Crippen molar-refractivity contribution in [1.29, 1.82) is 0 Å². The molecule has 2 aliphatic rings. The topological polar surface area (TPSA) is 87.0 Å². The van der Waals surface area contributed by atoms with E-state index in [0.717, 1.165) is 30.8 Å². The van der Waals surface area contributed by atoms with Crippen LogP contribution in [0.1, 0.15) is 18.4 Å². The first-order chi connectivity index (χ1) is 15.3. The van der Waals surface area contributed by atoms with Crippen molar-refractivity contribution < 1.29 is 14.5 Å². The highest BCUT2D eigenvalue weighted by atomic mass is 35.5. The number of likely N-dealkylation sites (tertiary alicyclic amines) is 1. The summed E-state index contributed by atoms with van der Waals surface area (Å²) < 4.78 is 0. The molecule has 0 atom stereocenters. The molecule has 0 saturated carbocycles. The predicted molar refractivity (Wildman–Crippen MR) is 122 cm³/mol. The van der Waals surface area contributed by atoms with Crippen LogP contribution in [0.15, 0.2) is 54.2 Å². The van der Waals surface area contributed by atoms with Crippen LogP contribution < -0.4 is 4.90 Å². The van der Waals surface area contributed by atoms with Gasteiger partial charge >= 0.3 is 0 Å². The molecular formula is C23H23ClN4O4. The van der Waals surface area contributed by atoms with E-state index in [4.69, 9.17) is 11.6 Å². The van der Waals surface area contributed by atoms with Gasteiger partial charge in [-0.15, -0.1) is 0 Å². The number of likely N-dealkylation sites (N-methyl/N-ethyl adjacent to an activating group) is 1. The molecule has 0 aromatic heterocycles. The molecule has 2 amide bonds. The first-order valence-corrected chi connectivity index (χ1v) is 10.7. The lowest BCUT2D eigenvalue weighted by atomic mass is 10.00. The monoisotopic (exact) mass is 454 g/mol. The Kier molecular flexibility index (Phi) is 5.99. The Balaban J connectivity index is 1.78. The van der Waals surface area contributed by atoms with Crippen molar-refractivity contribution in [2.75, 3.05) is 32.1 Å². The second kappa shape index (κ2) is 8.72. The first-order valence-electron chi connectivity index (χ1n) is 10.3. The third kappa shape index (κ3) is 3.99. The number of carbonyl (C=O) groups excluding carboxylic acids is 2. The molecule has 0 N–H and O–H groups in total. The van der Waals surface area contributed by atoms with Crippen LogP contribution in [0, 0.1) is 10.1 Å². The number of nitro groups is 1. The maximum Gasteiger partial charge on any atom is 0.282 e. The lowest BCUT2D eigenvalue weighted by Crippen LogP contribution is -2.43. The SMILES string of the molecule is CN1CCC(N(C)C2=C(c3ccc([N+](=O)[O-])cc3)C(=O)N(c3ccc(Cl)cc3)C2=O)CC1. The van der Waals surface area contributed by atoms with E-state index in [0.29, 0.717) is 22.0 Å². The lowest BCUT2D eigenvalue weighted by Gasteiger charge is -2.36. The van der Waals surface area contributed by atoms with Crippen LogP contribution in [0.2, 0.25) is 5.02 Å². The molecule has 32 heavy (non-hydrogen) atoms. The Hall–Kier alpha value is -3.23. The van der Waals surface area contributed by atoms with Gasteiger partial charge in [0.15, 0.2) is 0 Å². The summed E-state index contributed by atoms with van der Waals surface area (Å²) in [5.74, 6) is -0.868. The largest absolute Gasteiger partial charge is 0.366 e. The van der Waals surface area contributed by atoms with Gasteiger partial charge in [-0.25, -0.2) is 4.90 Å². The van der Waals surface area contributed by atoms with Gasteiger partial charge in [-0.3, -0.25) is 19.7 Å². The van der Waals surface area contributed by atoms with E-state index in [9.17, 15) is 19.7 Å². The number of non-ortho nitro benzene ring substituents is 1. The quantitative estimate of drug-likeness (QED) is 0.390. The Morgan fingerprint density at radius 2 is 1.59 bits per heavy atom. The Bertz CT molecular complexity index is 1090. The van der Waals surface area contributed by atoms with E-state index >= 15 is 0 Å². The van der Waals surface area contributed by atoms with Gasteiger partial charge in [0.1, 0.15) is 5.70 Å². The minimum Gasteiger partial charge on any atom is -0.366 e. The normalized spacial score (nSPS) is 17.9. The lowest BCUT2D eigenvalue weighted by molar-refractivity contribution is -0.384. The Morgan fingerprint density at radius 1 is 1.00 bits per heavy atom. The van der Waals surface area contributed by atoms with Crippen LogP contribution in [0.5, 0.6) is 0 Å². The summed E-state index contributed by atoms with van der Waals surface area (Å²) in [6.45, 7) is 1.80. The van der Waals surface area contributed by atoms with Gasteiger partial charge in [0.25, 0.3) is 17.5 Å². The van der Waals surface area contributed by atoms with Gasteiger partial charge in [0.2, 0.25) is 0 Å². The number of imide groups is 1. The number of piperidine rings is 1. The smallest absolute Gasteiger partial charge is 0.282 e. The second-order valence-electron chi connectivity index (χ2n) is 8.10. The summed E-state index contributed by atoms with van der Waals surface area (Å²) in [5, 5.41) is 11.6. The van der Waals surface area contributed by atoms with Crippen LogP contribution >= 0.6 is 11.6 Å². The molecule has 0 spiro atoms. The molecule has 2 heterocycles. The summed E-state index contributed by atoms with van der Waals surface area (Å²) >= 11 is 5.98. The molecule has 0 unspecified atom stereocenters. The molecule has 9 heteroatoms. The number of rotatable bonds is 5. The number of nitrogens with zero attached hydrogens (tertiary/aromatic N) is 4. The minimum absolute atomic E-state index is 0.0779. The summed E-state index contributed by atoms with van der Waals surface area (Å²) in [6, 6.07) is 12.4. The van der Waals surface area contributed by atoms with Crippen molar-refractivity contribution in [3.05, 3.63) is 74.9 Å². The van der Waals surface area contributed by atoms with Crippen LogP contribution in [0.25, 0.3) is 5.57 Å². The fraction of sp³-hybridized carbons (Fsp3) is 0.304. The molecule has 8 nitrogen and oxygen atoms in total. The third-order valence-electron chi connectivity index (χ3n) is 6.10. The van der Waals surface area contributed by atoms with Crippen molar-refractivity contribution in [3.63, 3.8) is 0 Å². The molecule has 4 rings (SSSR count). The predicted octanol–water partition coefficient (Wildman–Crippen LogP) is 3.56. The number of nitro benzene ring substituents is 1. The maximum atomic E-state index is 13.6. The van der Waals surface area contributed by atoms with Gasteiger partial charge in [0, 0.05) is 30.2 Å². The van der Waals surface area contributed by atoms with Crippen molar-refractivity contribution in [1.82, 2.24) is 9.80 Å². The standard InChI is InChI=1S/C23H23ClN4O4/c1-25-13-11-17(12-14-25)26(2)21-20(15-3-7-19(8-4-15)28(31)32)22(29)27(23(21)30)18-9-5-16(24)6-10-18/h3-10,17H,11-14H2,1-2H3. The van der Waals surface area contributed by atoms with Crippen molar-refractivity contribution >= 4 is 40.4 Å². The number of hydrogen-bond acceptors (Lipinski definition) is 6. The van der Waals surface area contributed by atoms with E-state index in [1.54, 1.807) is 24.3 Å². The van der Waals surface area contributed by atoms with Gasteiger partial charge in [-0.2, -0.15) is 0 Å². The highest BCUT2D eigenvalue weighted by Crippen LogP contribution is 2.36. The van der Waals surface area contributed by atoms with Crippen LogP contribution in [-0.2, 0) is 9.59 Å². The molecule has 2 aromatic carbocycles. The molecule has 0 aliphatic carbocycles. The highest BCUT2D eigenvalue weighted by molar-refractivity contribution is 6.45. The van der Waals surface area contributed by atoms with E-state index in [2.05, 4.69) is 11.9 Å². The molecular weight excluding hydrogens is 432 g/mol. The van der Waals surface area contributed by atoms with E-state index in [1.807, 2.05) is 11.9 Å². The van der Waals surface area contributed by atoms with Gasteiger partial charge in [-0.05, 0) is 74.9 Å². The Labute approximate surface area is 190 Å². The van der Waals surface area contributed by atoms with E-state index in [-0.39, 0.29) is 17.3 Å². The van der Waals surface area contributed by atoms with Gasteiger partial charge < -0.3 is 9.80 Å². The van der Waals surface area contributed by atoms with Crippen molar-refractivity contribution in [2.24, 2.45) is 0 Å². The average Bonchev–Trinajstić information content (AvgIpc) is 3.04. The van der Waals surface area contributed by atoms with E-state index < -0.39 is 16.7 Å². The Morgan fingerprint density at radius 3 is 2.16 bits per heavy atom. The average molecular weight is 455 g/mol. The van der Waals surface area contributed by atoms with Crippen LogP contribution in [0.3, 0.4) is 0 Å². The molecule has 2 aliphatic heterocycles. The number of carbonyl (C=O) groups is 2. The molecule has 0 bridgehead atoms. The summed E-state index contributed by atoms with van der Waals surface area (Å²) in [5.41, 5.74) is 1.39. The fourth-order valence-electron chi connectivity index (χ4n) is 4.24. The second-order valence-corrected chi connectivity index (χ2v) is 8.53. The van der Waals surface area contributed by atoms with Gasteiger partial charge in [0.05, 0.1) is 16.2 Å². The zero-order valence-corrected chi connectivity index (χ0v) is 18.6. The third-order valence-corrected chi connectivity index (χ3v) is 6.35. The zero-order valence-electron chi connectivity index (χ0n) is 17.8. The van der Waals surface area contributed by atoms with Crippen molar-refractivity contribution in [3.8, 4) is 0 Å². The maximum absolute atomic E-state index is 13.6. The number of anilines is 1. The first kappa shape index (κ1) is 22.0. The van der Waals surface area contributed by atoms with Crippen molar-refractivity contribution in [2.45, 2.75) is 18.9 Å². The molecule has 1 fully saturated rings. The van der Waals surface area contributed by atoms with Crippen LogP contribution in [0.4, 0.5) is 11.4 Å². The van der Waals surface area contributed by atoms with Crippen LogP contribution in [-0.4, -0.2) is 59.8 Å². The number of benzene rings is 2. The zero-order chi connectivity index (χ0) is 23.0. The molecule has 1 saturated heterocycles. The van der Waals surface area contributed by atoms with Gasteiger partial charge in [-0.1, -0.05) is 11.6 Å². The minimum atomic E-state index is -0.495. The summed E-state index contributed by atoms with van der Waals surface area (Å²) in [7, 11) is 3.90. The number of amides is 2. The summed E-state index contributed by atoms with van der Waals surface area (Å²) in [6.07, 6.45) is 1.74.